The molecule has 1 aromatic carbocycles. The molecule has 0 aliphatic carbocycles. The van der Waals surface area contributed by atoms with Gasteiger partial charge in [0.15, 0.2) is 6.29 Å². The molecule has 0 radical (unpaired) electrons. The standard InChI is InChI=1S/C17H17BrClNO2/c1-4-10(2)13-8-14(18)12(9-21)7-15(13)22-17-11(3)5-6-16(19)20-17/h5-10H,4H2,1-3H3. The summed E-state index contributed by atoms with van der Waals surface area (Å²) in [4.78, 5) is 15.4. The van der Waals surface area contributed by atoms with Crippen molar-refractivity contribution in [2.75, 3.05) is 0 Å². The number of rotatable bonds is 5. The molecule has 3 nitrogen and oxygen atoms in total. The first-order valence-electron chi connectivity index (χ1n) is 7.05. The molecule has 0 spiro atoms. The van der Waals surface area contributed by atoms with Crippen molar-refractivity contribution in [1.82, 2.24) is 4.98 Å². The van der Waals surface area contributed by atoms with Crippen LogP contribution in [-0.4, -0.2) is 11.3 Å². The van der Waals surface area contributed by atoms with E-state index in [0.29, 0.717) is 28.3 Å². The van der Waals surface area contributed by atoms with E-state index in [2.05, 4.69) is 34.8 Å². The van der Waals surface area contributed by atoms with Gasteiger partial charge in [-0.3, -0.25) is 4.79 Å². The molecule has 0 saturated carbocycles. The van der Waals surface area contributed by atoms with Gasteiger partial charge in [-0.1, -0.05) is 47.4 Å². The Morgan fingerprint density at radius 2 is 2.14 bits per heavy atom. The van der Waals surface area contributed by atoms with Crippen molar-refractivity contribution < 1.29 is 9.53 Å². The molecule has 1 unspecified atom stereocenters. The van der Waals surface area contributed by atoms with Crippen LogP contribution >= 0.6 is 27.5 Å². The van der Waals surface area contributed by atoms with E-state index in [9.17, 15) is 4.79 Å². The minimum Gasteiger partial charge on any atom is -0.438 e. The van der Waals surface area contributed by atoms with E-state index in [4.69, 9.17) is 16.3 Å². The molecular weight excluding hydrogens is 366 g/mol. The van der Waals surface area contributed by atoms with Crippen LogP contribution in [0.2, 0.25) is 5.15 Å². The number of hydrogen-bond acceptors (Lipinski definition) is 3. The Morgan fingerprint density at radius 1 is 1.41 bits per heavy atom. The van der Waals surface area contributed by atoms with Gasteiger partial charge in [-0.25, -0.2) is 4.98 Å². The third-order valence-electron chi connectivity index (χ3n) is 3.62. The first kappa shape index (κ1) is 17.0. The van der Waals surface area contributed by atoms with Crippen LogP contribution in [0.4, 0.5) is 0 Å². The number of nitrogens with zero attached hydrogens (tertiary/aromatic N) is 1. The number of hydrogen-bond donors (Lipinski definition) is 0. The SMILES string of the molecule is CCC(C)c1cc(Br)c(C=O)cc1Oc1nc(Cl)ccc1C. The highest BCUT2D eigenvalue weighted by Crippen LogP contribution is 2.36. The van der Waals surface area contributed by atoms with Gasteiger partial charge in [0.1, 0.15) is 10.9 Å². The van der Waals surface area contributed by atoms with Crippen LogP contribution in [0.25, 0.3) is 0 Å². The van der Waals surface area contributed by atoms with E-state index in [0.717, 1.165) is 28.3 Å². The maximum absolute atomic E-state index is 11.2. The van der Waals surface area contributed by atoms with E-state index in [-0.39, 0.29) is 0 Å². The molecule has 1 aromatic heterocycles. The summed E-state index contributed by atoms with van der Waals surface area (Å²) in [7, 11) is 0. The van der Waals surface area contributed by atoms with E-state index >= 15 is 0 Å². The van der Waals surface area contributed by atoms with Crippen molar-refractivity contribution in [2.45, 2.75) is 33.1 Å². The number of aromatic nitrogens is 1. The van der Waals surface area contributed by atoms with Crippen LogP contribution in [0.3, 0.4) is 0 Å². The van der Waals surface area contributed by atoms with Crippen LogP contribution in [0.5, 0.6) is 11.6 Å². The lowest BCUT2D eigenvalue weighted by molar-refractivity contribution is 0.112. The Bertz CT molecular complexity index is 703. The van der Waals surface area contributed by atoms with Crippen LogP contribution in [-0.2, 0) is 0 Å². The number of carbonyl (C=O) groups excluding carboxylic acids is 1. The molecular formula is C17H17BrClNO2. The summed E-state index contributed by atoms with van der Waals surface area (Å²) in [5.74, 6) is 1.39. The summed E-state index contributed by atoms with van der Waals surface area (Å²) in [6, 6.07) is 7.25. The molecule has 0 amide bonds. The topological polar surface area (TPSA) is 39.2 Å². The number of benzene rings is 1. The first-order valence-corrected chi connectivity index (χ1v) is 8.23. The first-order chi connectivity index (χ1) is 10.5. The molecule has 5 heteroatoms. The second kappa shape index (κ2) is 7.25. The van der Waals surface area contributed by atoms with Gasteiger partial charge in [0.25, 0.3) is 0 Å². The summed E-state index contributed by atoms with van der Waals surface area (Å²) in [6.45, 7) is 6.13. The van der Waals surface area contributed by atoms with Gasteiger partial charge in [-0.05, 0) is 43.0 Å². The summed E-state index contributed by atoms with van der Waals surface area (Å²) >= 11 is 9.37. The zero-order valence-electron chi connectivity index (χ0n) is 12.7. The highest BCUT2D eigenvalue weighted by atomic mass is 79.9. The third kappa shape index (κ3) is 3.68. The molecule has 0 aliphatic heterocycles. The fourth-order valence-corrected chi connectivity index (χ4v) is 2.66. The maximum atomic E-state index is 11.2. The fourth-order valence-electron chi connectivity index (χ4n) is 2.06. The maximum Gasteiger partial charge on any atom is 0.223 e. The van der Waals surface area contributed by atoms with Gasteiger partial charge >= 0.3 is 0 Å². The summed E-state index contributed by atoms with van der Waals surface area (Å²) < 4.78 is 6.73. The van der Waals surface area contributed by atoms with Gasteiger partial charge < -0.3 is 4.74 Å². The van der Waals surface area contributed by atoms with Crippen molar-refractivity contribution in [3.63, 3.8) is 0 Å². The van der Waals surface area contributed by atoms with Gasteiger partial charge in [-0.15, -0.1) is 0 Å². The lowest BCUT2D eigenvalue weighted by atomic mass is 9.96. The summed E-state index contributed by atoms with van der Waals surface area (Å²) in [5, 5.41) is 0.374. The van der Waals surface area contributed by atoms with Gasteiger partial charge in [0, 0.05) is 15.6 Å². The molecule has 0 N–H and O–H groups in total. The predicted octanol–water partition coefficient (Wildman–Crippen LogP) is 5.92. The Morgan fingerprint density at radius 3 is 2.77 bits per heavy atom. The molecule has 0 bridgehead atoms. The Balaban J connectivity index is 2.52. The predicted molar refractivity (Wildman–Crippen MR) is 92.3 cm³/mol. The Labute approximate surface area is 143 Å². The zero-order valence-corrected chi connectivity index (χ0v) is 15.0. The molecule has 0 saturated heterocycles. The number of aldehydes is 1. The van der Waals surface area contributed by atoms with E-state index in [1.165, 1.54) is 0 Å². The average molecular weight is 383 g/mol. The normalized spacial score (nSPS) is 12.0. The molecule has 22 heavy (non-hydrogen) atoms. The molecule has 1 heterocycles. The van der Waals surface area contributed by atoms with Crippen molar-refractivity contribution in [2.24, 2.45) is 0 Å². The van der Waals surface area contributed by atoms with Crippen molar-refractivity contribution >= 4 is 33.8 Å². The average Bonchev–Trinajstić information content (AvgIpc) is 2.51. The highest BCUT2D eigenvalue weighted by Gasteiger charge is 2.16. The third-order valence-corrected chi connectivity index (χ3v) is 4.52. The lowest BCUT2D eigenvalue weighted by Gasteiger charge is -2.17. The number of pyridine rings is 1. The van der Waals surface area contributed by atoms with Crippen LogP contribution in [0.1, 0.15) is 47.7 Å². The number of carbonyl (C=O) groups is 1. The van der Waals surface area contributed by atoms with Crippen molar-refractivity contribution in [3.05, 3.63) is 50.6 Å². The smallest absolute Gasteiger partial charge is 0.223 e. The minimum atomic E-state index is 0.298. The van der Waals surface area contributed by atoms with Crippen molar-refractivity contribution in [3.8, 4) is 11.6 Å². The molecule has 0 fully saturated rings. The summed E-state index contributed by atoms with van der Waals surface area (Å²) in [5.41, 5.74) is 2.46. The number of halogens is 2. The molecule has 2 rings (SSSR count). The van der Waals surface area contributed by atoms with E-state index in [1.807, 2.05) is 19.1 Å². The van der Waals surface area contributed by atoms with Crippen LogP contribution < -0.4 is 4.74 Å². The fraction of sp³-hybridized carbons (Fsp3) is 0.294. The van der Waals surface area contributed by atoms with E-state index < -0.39 is 0 Å². The lowest BCUT2D eigenvalue weighted by Crippen LogP contribution is -2.00. The van der Waals surface area contributed by atoms with Crippen LogP contribution in [0.15, 0.2) is 28.7 Å². The second-order valence-corrected chi connectivity index (χ2v) is 6.44. The Hall–Kier alpha value is -1.39. The van der Waals surface area contributed by atoms with Crippen molar-refractivity contribution in [1.29, 1.82) is 0 Å². The number of aryl methyl sites for hydroxylation is 1. The monoisotopic (exact) mass is 381 g/mol. The van der Waals surface area contributed by atoms with Gasteiger partial charge in [0.05, 0.1) is 0 Å². The van der Waals surface area contributed by atoms with Crippen LogP contribution in [0, 0.1) is 6.92 Å². The molecule has 1 atom stereocenters. The van der Waals surface area contributed by atoms with Gasteiger partial charge in [0.2, 0.25) is 5.88 Å². The molecule has 2 aromatic rings. The largest absolute Gasteiger partial charge is 0.438 e. The molecule has 0 aliphatic rings. The highest BCUT2D eigenvalue weighted by molar-refractivity contribution is 9.10. The zero-order chi connectivity index (χ0) is 16.3. The quantitative estimate of drug-likeness (QED) is 0.475. The second-order valence-electron chi connectivity index (χ2n) is 5.20. The van der Waals surface area contributed by atoms with Gasteiger partial charge in [-0.2, -0.15) is 0 Å². The number of ether oxygens (including phenoxy) is 1. The summed E-state index contributed by atoms with van der Waals surface area (Å²) in [6.07, 6.45) is 1.76. The van der Waals surface area contributed by atoms with E-state index in [1.54, 1.807) is 12.1 Å². The Kier molecular flexibility index (Phi) is 5.59. The molecule has 116 valence electrons. The minimum absolute atomic E-state index is 0.298.